The second kappa shape index (κ2) is 6.06. The number of sulfonamides is 1. The lowest BCUT2D eigenvalue weighted by Gasteiger charge is -2.28. The first-order valence-corrected chi connectivity index (χ1v) is 9.01. The first-order chi connectivity index (χ1) is 9.69. The van der Waals surface area contributed by atoms with Gasteiger partial charge in [-0.2, -0.15) is 0 Å². The van der Waals surface area contributed by atoms with E-state index in [1.807, 2.05) is 25.9 Å². The van der Waals surface area contributed by atoms with Gasteiger partial charge in [0.25, 0.3) is 0 Å². The van der Waals surface area contributed by atoms with Gasteiger partial charge in [-0.25, -0.2) is 13.1 Å². The fourth-order valence-corrected chi connectivity index (χ4v) is 4.21. The third-order valence-electron chi connectivity index (χ3n) is 4.17. The van der Waals surface area contributed by atoms with E-state index in [2.05, 4.69) is 28.5 Å². The number of nitrogens with zero attached hydrogens (tertiary/aromatic N) is 3. The Balaban J connectivity index is 2.04. The SMILES string of the molecule is CC1=NC(C)C(C)=C2CC(NS(=O)(=O)CCN(C)C)CN12. The van der Waals surface area contributed by atoms with Gasteiger partial charge in [0.1, 0.15) is 5.84 Å². The van der Waals surface area contributed by atoms with Crippen molar-refractivity contribution in [3.05, 3.63) is 11.3 Å². The van der Waals surface area contributed by atoms with Crippen LogP contribution in [0.25, 0.3) is 0 Å². The molecule has 2 aliphatic heterocycles. The normalized spacial score (nSPS) is 26.4. The molecule has 21 heavy (non-hydrogen) atoms. The zero-order valence-electron chi connectivity index (χ0n) is 13.5. The minimum atomic E-state index is -3.23. The molecule has 2 aliphatic rings. The third-order valence-corrected chi connectivity index (χ3v) is 5.59. The Kier molecular flexibility index (Phi) is 4.75. The molecule has 0 aliphatic carbocycles. The van der Waals surface area contributed by atoms with Crippen LogP contribution in [0.15, 0.2) is 16.3 Å². The van der Waals surface area contributed by atoms with Gasteiger partial charge in [-0.15, -0.1) is 0 Å². The minimum Gasteiger partial charge on any atom is -0.332 e. The maximum Gasteiger partial charge on any atom is 0.213 e. The highest BCUT2D eigenvalue weighted by Gasteiger charge is 2.34. The van der Waals surface area contributed by atoms with Gasteiger partial charge in [0.05, 0.1) is 11.8 Å². The Morgan fingerprint density at radius 2 is 2.05 bits per heavy atom. The van der Waals surface area contributed by atoms with Crippen molar-refractivity contribution in [2.75, 3.05) is 32.9 Å². The van der Waals surface area contributed by atoms with Crippen LogP contribution in [0.4, 0.5) is 0 Å². The second-order valence-corrected chi connectivity index (χ2v) is 8.11. The van der Waals surface area contributed by atoms with Crippen LogP contribution in [0, 0.1) is 0 Å². The van der Waals surface area contributed by atoms with Crippen LogP contribution in [0.1, 0.15) is 27.2 Å². The number of hydrogen-bond donors (Lipinski definition) is 1. The molecule has 1 N–H and O–H groups in total. The third kappa shape index (κ3) is 3.84. The van der Waals surface area contributed by atoms with Crippen molar-refractivity contribution in [2.45, 2.75) is 39.3 Å². The zero-order chi connectivity index (χ0) is 15.8. The first kappa shape index (κ1) is 16.5. The molecule has 6 nitrogen and oxygen atoms in total. The molecule has 1 saturated heterocycles. The Morgan fingerprint density at radius 3 is 2.67 bits per heavy atom. The predicted octanol–water partition coefficient (Wildman–Crippen LogP) is 0.636. The fraction of sp³-hybridized carbons (Fsp3) is 0.786. The number of rotatable bonds is 5. The molecule has 0 aromatic rings. The van der Waals surface area contributed by atoms with E-state index in [0.29, 0.717) is 13.1 Å². The van der Waals surface area contributed by atoms with Gasteiger partial charge >= 0.3 is 0 Å². The average Bonchev–Trinajstić information content (AvgIpc) is 2.77. The van der Waals surface area contributed by atoms with E-state index in [9.17, 15) is 8.42 Å². The summed E-state index contributed by atoms with van der Waals surface area (Å²) in [6.07, 6.45) is 0.754. The summed E-state index contributed by atoms with van der Waals surface area (Å²) in [7, 11) is 0.519. The summed E-state index contributed by atoms with van der Waals surface area (Å²) in [5.41, 5.74) is 2.48. The molecule has 0 amide bonds. The van der Waals surface area contributed by atoms with Gasteiger partial charge < -0.3 is 9.80 Å². The molecular formula is C14H26N4O2S. The highest BCUT2D eigenvalue weighted by atomic mass is 32.2. The Labute approximate surface area is 128 Å². The van der Waals surface area contributed by atoms with Gasteiger partial charge in [-0.05, 0) is 40.4 Å². The lowest BCUT2D eigenvalue weighted by atomic mass is 10.0. The summed E-state index contributed by atoms with van der Waals surface area (Å²) in [6.45, 7) is 7.37. The summed E-state index contributed by atoms with van der Waals surface area (Å²) < 4.78 is 27.1. The summed E-state index contributed by atoms with van der Waals surface area (Å²) >= 11 is 0. The molecule has 120 valence electrons. The standard InChI is InChI=1S/C14H26N4O2S/c1-10-11(2)15-12(3)18-9-13(8-14(10)18)16-21(19,20)7-6-17(4)5/h11,13,16H,6-9H2,1-5H3. The van der Waals surface area contributed by atoms with Gasteiger partial charge in [-0.1, -0.05) is 0 Å². The predicted molar refractivity (Wildman–Crippen MR) is 85.9 cm³/mol. The van der Waals surface area contributed by atoms with Crippen LogP contribution in [0.5, 0.6) is 0 Å². The van der Waals surface area contributed by atoms with E-state index in [4.69, 9.17) is 0 Å². The van der Waals surface area contributed by atoms with Crippen molar-refractivity contribution in [1.82, 2.24) is 14.5 Å². The molecule has 2 unspecified atom stereocenters. The summed E-state index contributed by atoms with van der Waals surface area (Å²) in [4.78, 5) is 8.62. The molecule has 0 aromatic carbocycles. The summed E-state index contributed by atoms with van der Waals surface area (Å²) in [5.74, 6) is 1.12. The molecule has 0 saturated carbocycles. The van der Waals surface area contributed by atoms with E-state index < -0.39 is 10.0 Å². The van der Waals surface area contributed by atoms with Crippen LogP contribution in [0.2, 0.25) is 0 Å². The number of aliphatic imine (C=N–C) groups is 1. The van der Waals surface area contributed by atoms with E-state index >= 15 is 0 Å². The Morgan fingerprint density at radius 1 is 1.38 bits per heavy atom. The summed E-state index contributed by atoms with van der Waals surface area (Å²) in [5, 5.41) is 0. The maximum absolute atomic E-state index is 12.1. The maximum atomic E-state index is 12.1. The lowest BCUT2D eigenvalue weighted by Crippen LogP contribution is -2.41. The van der Waals surface area contributed by atoms with Crippen molar-refractivity contribution < 1.29 is 8.42 Å². The van der Waals surface area contributed by atoms with Crippen LogP contribution < -0.4 is 4.72 Å². The zero-order valence-corrected chi connectivity index (χ0v) is 14.4. The highest BCUT2D eigenvalue weighted by Crippen LogP contribution is 2.31. The Hall–Kier alpha value is -0.920. The van der Waals surface area contributed by atoms with Gasteiger partial charge in [-0.3, -0.25) is 4.99 Å². The molecule has 0 aromatic heterocycles. The number of hydrogen-bond acceptors (Lipinski definition) is 5. The van der Waals surface area contributed by atoms with Crippen molar-refractivity contribution in [1.29, 1.82) is 0 Å². The van der Waals surface area contributed by atoms with Crippen molar-refractivity contribution >= 4 is 15.9 Å². The van der Waals surface area contributed by atoms with Crippen LogP contribution in [0.3, 0.4) is 0 Å². The molecule has 1 fully saturated rings. The molecular weight excluding hydrogens is 288 g/mol. The van der Waals surface area contributed by atoms with Crippen molar-refractivity contribution in [3.8, 4) is 0 Å². The first-order valence-electron chi connectivity index (χ1n) is 7.36. The molecule has 2 rings (SSSR count). The van der Waals surface area contributed by atoms with Gasteiger partial charge in [0, 0.05) is 31.2 Å². The molecule has 0 bridgehead atoms. The fourth-order valence-electron chi connectivity index (χ4n) is 2.82. The topological polar surface area (TPSA) is 65.0 Å². The molecule has 2 atom stereocenters. The van der Waals surface area contributed by atoms with E-state index in [1.54, 1.807) is 0 Å². The second-order valence-electron chi connectivity index (χ2n) is 6.23. The molecule has 2 heterocycles. The molecule has 0 spiro atoms. The van der Waals surface area contributed by atoms with Gasteiger partial charge in [0.2, 0.25) is 10.0 Å². The molecule has 0 radical (unpaired) electrons. The van der Waals surface area contributed by atoms with Crippen molar-refractivity contribution in [3.63, 3.8) is 0 Å². The quantitative estimate of drug-likeness (QED) is 0.809. The van der Waals surface area contributed by atoms with E-state index in [1.165, 1.54) is 11.3 Å². The van der Waals surface area contributed by atoms with Crippen LogP contribution in [-0.2, 0) is 10.0 Å². The Bertz CT molecular complexity index is 566. The smallest absolute Gasteiger partial charge is 0.213 e. The number of fused-ring (bicyclic) bond motifs is 1. The highest BCUT2D eigenvalue weighted by molar-refractivity contribution is 7.89. The number of nitrogens with one attached hydrogen (secondary N) is 1. The van der Waals surface area contributed by atoms with Crippen LogP contribution in [-0.4, -0.2) is 69.1 Å². The van der Waals surface area contributed by atoms with E-state index in [0.717, 1.165) is 12.3 Å². The summed E-state index contributed by atoms with van der Waals surface area (Å²) in [6, 6.07) is 0.137. The monoisotopic (exact) mass is 314 g/mol. The van der Waals surface area contributed by atoms with Crippen LogP contribution >= 0.6 is 0 Å². The minimum absolute atomic E-state index is 0.0578. The van der Waals surface area contributed by atoms with E-state index in [-0.39, 0.29) is 17.8 Å². The number of amidine groups is 1. The van der Waals surface area contributed by atoms with Gasteiger partial charge in [0.15, 0.2) is 0 Å². The van der Waals surface area contributed by atoms with Crippen molar-refractivity contribution in [2.24, 2.45) is 4.99 Å². The molecule has 7 heteroatoms. The largest absolute Gasteiger partial charge is 0.332 e. The average molecular weight is 314 g/mol. The lowest BCUT2D eigenvalue weighted by molar-refractivity contribution is 0.429.